The number of benzene rings is 1. The Balaban J connectivity index is 1.13. The molecule has 3 saturated heterocycles. The minimum Gasteiger partial charge on any atom is -0.489 e. The van der Waals surface area contributed by atoms with Gasteiger partial charge in [-0.1, -0.05) is 0 Å². The van der Waals surface area contributed by atoms with Crippen molar-refractivity contribution in [2.45, 2.75) is 30.1 Å². The first-order valence-corrected chi connectivity index (χ1v) is 14.7. The molecule has 0 bridgehead atoms. The van der Waals surface area contributed by atoms with E-state index in [0.717, 1.165) is 19.2 Å². The Morgan fingerprint density at radius 3 is 2.51 bits per heavy atom. The number of likely N-dealkylation sites (tertiary alicyclic amines) is 1. The fraction of sp³-hybridized carbons (Fsp3) is 0.560. The van der Waals surface area contributed by atoms with Crippen LogP contribution in [0.2, 0.25) is 0 Å². The second kappa shape index (κ2) is 10.3. The van der Waals surface area contributed by atoms with Gasteiger partial charge in [-0.3, -0.25) is 9.80 Å². The zero-order valence-corrected chi connectivity index (χ0v) is 23.1. The zero-order chi connectivity index (χ0) is 29.1. The maximum absolute atomic E-state index is 13.5. The number of halogens is 3. The van der Waals surface area contributed by atoms with E-state index < -0.39 is 28.0 Å². The maximum Gasteiger partial charge on any atom is 0.433 e. The first-order chi connectivity index (χ1) is 19.4. The number of aromatic nitrogens is 2. The van der Waals surface area contributed by atoms with Crippen molar-refractivity contribution in [3.8, 4) is 5.75 Å². The molecule has 1 amide bonds. The Labute approximate surface area is 234 Å². The Morgan fingerprint density at radius 1 is 1.10 bits per heavy atom. The lowest BCUT2D eigenvalue weighted by Gasteiger charge is -2.40. The fourth-order valence-corrected chi connectivity index (χ4v) is 7.11. The number of ether oxygens (including phenoxy) is 2. The summed E-state index contributed by atoms with van der Waals surface area (Å²) in [5.41, 5.74) is 5.27. The summed E-state index contributed by atoms with van der Waals surface area (Å²) in [7, 11) is -3.95. The van der Waals surface area contributed by atoms with Crippen LogP contribution in [0.4, 0.5) is 29.6 Å². The minimum atomic E-state index is -4.61. The molecule has 4 aliphatic rings. The fourth-order valence-electron chi connectivity index (χ4n) is 5.68. The second-order valence-corrected chi connectivity index (χ2v) is 12.6. The molecule has 1 aromatic carbocycles. The number of piperazine rings is 1. The van der Waals surface area contributed by atoms with Gasteiger partial charge < -0.3 is 20.1 Å². The molecule has 3 fully saturated rings. The molecule has 0 radical (unpaired) electrons. The number of sulfonamides is 1. The molecule has 41 heavy (non-hydrogen) atoms. The van der Waals surface area contributed by atoms with E-state index in [4.69, 9.17) is 15.2 Å². The first kappa shape index (κ1) is 27.9. The molecule has 2 N–H and O–H groups in total. The second-order valence-electron chi connectivity index (χ2n) is 10.7. The van der Waals surface area contributed by atoms with E-state index in [-0.39, 0.29) is 67.2 Å². The van der Waals surface area contributed by atoms with E-state index >= 15 is 0 Å². The van der Waals surface area contributed by atoms with Gasteiger partial charge in [-0.05, 0) is 37.6 Å². The summed E-state index contributed by atoms with van der Waals surface area (Å²) in [4.78, 5) is 25.8. The van der Waals surface area contributed by atoms with Crippen LogP contribution in [0, 0.1) is 12.8 Å². The highest BCUT2D eigenvalue weighted by molar-refractivity contribution is 7.89. The number of carbonyl (C=O) groups excluding carboxylic acids is 1. The molecule has 6 rings (SSSR count). The van der Waals surface area contributed by atoms with Gasteiger partial charge in [-0.15, -0.1) is 0 Å². The van der Waals surface area contributed by atoms with Crippen molar-refractivity contribution in [2.24, 2.45) is 11.7 Å². The van der Waals surface area contributed by atoms with E-state index in [2.05, 4.69) is 14.9 Å². The van der Waals surface area contributed by atoms with Crippen LogP contribution in [0.15, 0.2) is 29.2 Å². The van der Waals surface area contributed by atoms with Crippen LogP contribution in [-0.2, 0) is 20.9 Å². The van der Waals surface area contributed by atoms with Crippen LogP contribution < -0.4 is 20.3 Å². The summed E-state index contributed by atoms with van der Waals surface area (Å²) in [6.07, 6.45) is -5.49. The molecule has 2 atom stereocenters. The molecule has 1 aromatic heterocycles. The summed E-state index contributed by atoms with van der Waals surface area (Å²) in [6, 6.07) is 4.91. The molecule has 0 saturated carbocycles. The van der Waals surface area contributed by atoms with Crippen LogP contribution in [-0.4, -0.2) is 105 Å². The first-order valence-electron chi connectivity index (χ1n) is 13.3. The minimum absolute atomic E-state index is 0.00756. The van der Waals surface area contributed by atoms with Gasteiger partial charge in [0.05, 0.1) is 10.6 Å². The number of fused-ring (bicyclic) bond motifs is 3. The molecule has 0 unspecified atom stereocenters. The molecule has 222 valence electrons. The van der Waals surface area contributed by atoms with Gasteiger partial charge >= 0.3 is 12.3 Å². The number of rotatable bonds is 6. The molecular weight excluding hydrogens is 567 g/mol. The van der Waals surface area contributed by atoms with Gasteiger partial charge in [0.25, 0.3) is 0 Å². The predicted octanol–water partition coefficient (Wildman–Crippen LogP) is 1.29. The lowest BCUT2D eigenvalue weighted by atomic mass is 9.98. The number of hydrogen-bond acceptors (Lipinski definition) is 10. The van der Waals surface area contributed by atoms with Crippen LogP contribution in [0.1, 0.15) is 11.4 Å². The number of nitrogens with two attached hydrogens (primary N) is 1. The van der Waals surface area contributed by atoms with Gasteiger partial charge in [-0.2, -0.15) is 17.5 Å². The molecule has 16 heteroatoms. The lowest BCUT2D eigenvalue weighted by molar-refractivity contribution is -0.141. The van der Waals surface area contributed by atoms with E-state index in [9.17, 15) is 26.4 Å². The van der Waals surface area contributed by atoms with E-state index in [1.807, 2.05) is 0 Å². The number of hydrogen-bond donors (Lipinski definition) is 1. The van der Waals surface area contributed by atoms with Gasteiger partial charge in [0.2, 0.25) is 16.0 Å². The van der Waals surface area contributed by atoms with Crippen molar-refractivity contribution >= 4 is 27.8 Å². The quantitative estimate of drug-likeness (QED) is 0.519. The van der Waals surface area contributed by atoms with Crippen molar-refractivity contribution < 1.29 is 35.9 Å². The molecule has 12 nitrogen and oxygen atoms in total. The Morgan fingerprint density at radius 2 is 1.83 bits per heavy atom. The molecule has 0 aliphatic carbocycles. The zero-order valence-electron chi connectivity index (χ0n) is 22.2. The Hall–Kier alpha value is -3.21. The monoisotopic (exact) mass is 597 g/mol. The normalized spacial score (nSPS) is 24.0. The predicted molar refractivity (Wildman–Crippen MR) is 140 cm³/mol. The molecular formula is C25H30F3N7O5S. The highest BCUT2D eigenvalue weighted by atomic mass is 32.2. The third kappa shape index (κ3) is 5.17. The number of cyclic esters (lactones) is 1. The van der Waals surface area contributed by atoms with Gasteiger partial charge in [0, 0.05) is 57.6 Å². The van der Waals surface area contributed by atoms with Crippen LogP contribution in [0.5, 0.6) is 5.75 Å². The number of aryl methyl sites for hydroxylation is 1. The summed E-state index contributed by atoms with van der Waals surface area (Å²) in [6.45, 7) is 4.83. The van der Waals surface area contributed by atoms with Crippen molar-refractivity contribution in [3.63, 3.8) is 0 Å². The van der Waals surface area contributed by atoms with E-state index in [0.29, 0.717) is 24.7 Å². The number of nitrogens with zero attached hydrogens (tertiary/aromatic N) is 6. The topological polar surface area (TPSA) is 134 Å². The van der Waals surface area contributed by atoms with Crippen molar-refractivity contribution in [2.75, 3.05) is 68.8 Å². The largest absolute Gasteiger partial charge is 0.489 e. The number of anilines is 2. The summed E-state index contributed by atoms with van der Waals surface area (Å²) >= 11 is 0. The third-order valence-electron chi connectivity index (χ3n) is 7.91. The number of alkyl halides is 3. The molecule has 5 heterocycles. The van der Waals surface area contributed by atoms with Crippen molar-refractivity contribution in [1.29, 1.82) is 0 Å². The summed E-state index contributed by atoms with van der Waals surface area (Å²) < 4.78 is 79.4. The Kier molecular flexibility index (Phi) is 6.99. The van der Waals surface area contributed by atoms with Gasteiger partial charge in [-0.25, -0.2) is 23.2 Å². The maximum atomic E-state index is 13.5. The van der Waals surface area contributed by atoms with E-state index in [1.165, 1.54) is 33.2 Å². The third-order valence-corrected chi connectivity index (χ3v) is 9.80. The van der Waals surface area contributed by atoms with Gasteiger partial charge in [0.1, 0.15) is 30.2 Å². The number of amides is 1. The summed E-state index contributed by atoms with van der Waals surface area (Å²) in [5.74, 6) is 0.627. The van der Waals surface area contributed by atoms with Crippen molar-refractivity contribution in [3.05, 3.63) is 35.7 Å². The van der Waals surface area contributed by atoms with E-state index in [1.54, 1.807) is 6.07 Å². The van der Waals surface area contributed by atoms with Crippen LogP contribution >= 0.6 is 0 Å². The van der Waals surface area contributed by atoms with Crippen LogP contribution in [0.25, 0.3) is 0 Å². The SMILES string of the molecule is Cc1cc(C(F)(F)F)nc(N2CCN(S(=O)(=O)c3ccc4c(c3)OC[C@H]3[C@@H](CN5CC(CN)C5)OC(=O)N43)CC2)n1. The van der Waals surface area contributed by atoms with Gasteiger partial charge in [0.15, 0.2) is 0 Å². The lowest BCUT2D eigenvalue weighted by Crippen LogP contribution is -2.55. The summed E-state index contributed by atoms with van der Waals surface area (Å²) in [5, 5.41) is 0. The highest BCUT2D eigenvalue weighted by Crippen LogP contribution is 2.41. The van der Waals surface area contributed by atoms with Crippen molar-refractivity contribution in [1.82, 2.24) is 19.2 Å². The standard InChI is InChI=1S/C25H30F3N7O5S/c1-15-8-22(25(26,27)28)31-23(30-15)33-4-6-34(7-5-33)41(37,38)17-2-3-18-20(9-17)39-14-19-21(40-24(36)35(18)19)13-32-11-16(10-29)12-32/h2-3,8-9,16,19,21H,4-7,10-14,29H2,1H3/t19-,21+/m0/s1. The smallest absolute Gasteiger partial charge is 0.433 e. The Bertz CT molecular complexity index is 1450. The average molecular weight is 598 g/mol. The van der Waals surface area contributed by atoms with Crippen LogP contribution in [0.3, 0.4) is 0 Å². The molecule has 0 spiro atoms. The number of carbonyl (C=O) groups is 1. The highest BCUT2D eigenvalue weighted by Gasteiger charge is 2.48. The molecule has 4 aliphatic heterocycles. The average Bonchev–Trinajstić information content (AvgIpc) is 3.24. The molecule has 2 aromatic rings.